The van der Waals surface area contributed by atoms with Gasteiger partial charge in [-0.05, 0) is 43.7 Å². The number of aromatic nitrogens is 4. The second-order valence-electron chi connectivity index (χ2n) is 6.25. The van der Waals surface area contributed by atoms with Crippen molar-refractivity contribution in [1.82, 2.24) is 19.5 Å². The number of fused-ring (bicyclic) bond motifs is 3. The van der Waals surface area contributed by atoms with Gasteiger partial charge >= 0.3 is 0 Å². The maximum atomic E-state index is 11.4. The Morgan fingerprint density at radius 1 is 1.04 bits per heavy atom. The van der Waals surface area contributed by atoms with E-state index in [1.54, 1.807) is 18.3 Å². The number of nitrogens with zero attached hydrogens (tertiary/aromatic N) is 4. The summed E-state index contributed by atoms with van der Waals surface area (Å²) in [5.41, 5.74) is 4.32. The molecule has 0 bridgehead atoms. The summed E-state index contributed by atoms with van der Waals surface area (Å²) in [4.78, 5) is 13.6. The van der Waals surface area contributed by atoms with Crippen LogP contribution in [0.4, 0.5) is 0 Å². The van der Waals surface area contributed by atoms with Crippen LogP contribution in [0.1, 0.15) is 17.1 Å². The Hall–Kier alpha value is -2.84. The molecule has 3 heterocycles. The van der Waals surface area contributed by atoms with Crippen LogP contribution in [0.5, 0.6) is 0 Å². The minimum absolute atomic E-state index is 0.0998. The maximum absolute atomic E-state index is 11.4. The third-order valence-electron chi connectivity index (χ3n) is 4.36. The number of pyridine rings is 2. The number of hydrogen-bond acceptors (Lipinski definition) is 5. The molecule has 132 valence electrons. The van der Waals surface area contributed by atoms with Gasteiger partial charge < -0.3 is 4.57 Å². The highest BCUT2D eigenvalue weighted by molar-refractivity contribution is 7.89. The van der Waals surface area contributed by atoms with Crippen LogP contribution in [0.15, 0.2) is 47.5 Å². The van der Waals surface area contributed by atoms with Crippen molar-refractivity contribution in [3.05, 3.63) is 59.7 Å². The van der Waals surface area contributed by atoms with Crippen molar-refractivity contribution in [1.29, 1.82) is 0 Å². The van der Waals surface area contributed by atoms with Gasteiger partial charge in [-0.2, -0.15) is 0 Å². The molecule has 26 heavy (non-hydrogen) atoms. The summed E-state index contributed by atoms with van der Waals surface area (Å²) in [6, 6.07) is 10.5. The average Bonchev–Trinajstić information content (AvgIpc) is 2.90. The molecule has 0 atom stereocenters. The third kappa shape index (κ3) is 2.83. The highest BCUT2D eigenvalue weighted by atomic mass is 32.2. The predicted octanol–water partition coefficient (Wildman–Crippen LogP) is 2.29. The number of rotatable bonds is 3. The fourth-order valence-electron chi connectivity index (χ4n) is 3.07. The van der Waals surface area contributed by atoms with Gasteiger partial charge in [-0.3, -0.25) is 0 Å². The third-order valence-corrected chi connectivity index (χ3v) is 5.29. The van der Waals surface area contributed by atoms with Crippen LogP contribution in [0, 0.1) is 13.8 Å². The summed E-state index contributed by atoms with van der Waals surface area (Å²) in [5, 5.41) is 6.10. The Labute approximate surface area is 150 Å². The summed E-state index contributed by atoms with van der Waals surface area (Å²) < 4.78 is 24.9. The van der Waals surface area contributed by atoms with Crippen molar-refractivity contribution in [3.8, 4) is 0 Å². The lowest BCUT2D eigenvalue weighted by Crippen LogP contribution is -2.12. The van der Waals surface area contributed by atoms with Gasteiger partial charge in [0.1, 0.15) is 11.3 Å². The zero-order valence-electron chi connectivity index (χ0n) is 14.3. The smallest absolute Gasteiger partial charge is 0.238 e. The van der Waals surface area contributed by atoms with E-state index in [0.717, 1.165) is 33.5 Å². The van der Waals surface area contributed by atoms with E-state index in [9.17, 15) is 8.42 Å². The van der Waals surface area contributed by atoms with Crippen molar-refractivity contribution in [3.63, 3.8) is 0 Å². The molecule has 0 fully saturated rings. The molecule has 2 N–H and O–H groups in total. The predicted molar refractivity (Wildman–Crippen MR) is 99.2 cm³/mol. The summed E-state index contributed by atoms with van der Waals surface area (Å²) in [6.07, 6.45) is 1.73. The Bertz CT molecular complexity index is 1240. The Balaban J connectivity index is 1.84. The van der Waals surface area contributed by atoms with Crippen LogP contribution in [0.25, 0.3) is 22.1 Å². The van der Waals surface area contributed by atoms with Gasteiger partial charge in [0.2, 0.25) is 10.0 Å². The summed E-state index contributed by atoms with van der Waals surface area (Å²) in [5.74, 6) is 0.852. The minimum Gasteiger partial charge on any atom is -0.323 e. The van der Waals surface area contributed by atoms with E-state index in [0.29, 0.717) is 12.2 Å². The molecule has 0 saturated carbocycles. The number of aryl methyl sites for hydroxylation is 2. The normalized spacial score (nSPS) is 12.1. The molecule has 0 aliphatic rings. The van der Waals surface area contributed by atoms with Gasteiger partial charge in [0.25, 0.3) is 0 Å². The Kier molecular flexibility index (Phi) is 3.74. The van der Waals surface area contributed by atoms with Gasteiger partial charge in [0.15, 0.2) is 5.65 Å². The lowest BCUT2D eigenvalue weighted by Gasteiger charge is -2.09. The molecule has 0 aliphatic carbocycles. The van der Waals surface area contributed by atoms with E-state index < -0.39 is 10.0 Å². The van der Waals surface area contributed by atoms with Crippen LogP contribution in [0.3, 0.4) is 0 Å². The molecule has 4 rings (SSSR count). The van der Waals surface area contributed by atoms with E-state index in [1.165, 1.54) is 12.1 Å². The van der Waals surface area contributed by atoms with Crippen molar-refractivity contribution < 1.29 is 8.42 Å². The highest BCUT2D eigenvalue weighted by Gasteiger charge is 2.14. The molecule has 3 aromatic heterocycles. The van der Waals surface area contributed by atoms with Gasteiger partial charge in [-0.15, -0.1) is 0 Å². The first-order valence-corrected chi connectivity index (χ1v) is 9.58. The van der Waals surface area contributed by atoms with Crippen LogP contribution in [-0.2, 0) is 16.6 Å². The van der Waals surface area contributed by atoms with E-state index in [1.807, 2.05) is 26.0 Å². The number of hydrogen-bond donors (Lipinski definition) is 1. The molecule has 0 saturated heterocycles. The van der Waals surface area contributed by atoms with Gasteiger partial charge in [-0.25, -0.2) is 28.5 Å². The molecule has 0 amide bonds. The van der Waals surface area contributed by atoms with Gasteiger partial charge in [-0.1, -0.05) is 12.1 Å². The molecule has 0 aliphatic heterocycles. The SMILES string of the molecule is Cc1ccc2c(ncc3nc(C)n(Cc4ccc(S(N)(=O)=O)cc4)c32)n1. The maximum Gasteiger partial charge on any atom is 0.238 e. The molecule has 4 aromatic rings. The molecule has 0 spiro atoms. The highest BCUT2D eigenvalue weighted by Crippen LogP contribution is 2.25. The van der Waals surface area contributed by atoms with Crippen molar-refractivity contribution >= 4 is 32.1 Å². The molecule has 8 heteroatoms. The molecule has 1 aromatic carbocycles. The van der Waals surface area contributed by atoms with E-state index in [2.05, 4.69) is 19.5 Å². The molecule has 0 radical (unpaired) electrons. The van der Waals surface area contributed by atoms with Gasteiger partial charge in [0, 0.05) is 17.6 Å². The zero-order chi connectivity index (χ0) is 18.5. The second-order valence-corrected chi connectivity index (χ2v) is 7.81. The molecule has 7 nitrogen and oxygen atoms in total. The first-order valence-electron chi connectivity index (χ1n) is 8.04. The lowest BCUT2D eigenvalue weighted by atomic mass is 10.2. The summed E-state index contributed by atoms with van der Waals surface area (Å²) in [6.45, 7) is 4.42. The largest absolute Gasteiger partial charge is 0.323 e. The van der Waals surface area contributed by atoms with Crippen molar-refractivity contribution in [2.75, 3.05) is 0 Å². The molecule has 0 unspecified atom stereocenters. The minimum atomic E-state index is -3.69. The monoisotopic (exact) mass is 367 g/mol. The number of benzene rings is 1. The number of sulfonamides is 1. The van der Waals surface area contributed by atoms with E-state index >= 15 is 0 Å². The standard InChI is InChI=1S/C18H17N5O2S/c1-11-3-8-15-17-16(9-20-18(15)21-11)22-12(2)23(17)10-13-4-6-14(7-5-13)26(19,24)25/h3-9H,10H2,1-2H3,(H2,19,24,25). The quantitative estimate of drug-likeness (QED) is 0.598. The van der Waals surface area contributed by atoms with Crippen LogP contribution >= 0.6 is 0 Å². The van der Waals surface area contributed by atoms with Crippen LogP contribution in [-0.4, -0.2) is 27.9 Å². The lowest BCUT2D eigenvalue weighted by molar-refractivity contribution is 0.597. The number of imidazole rings is 1. The van der Waals surface area contributed by atoms with E-state index in [4.69, 9.17) is 5.14 Å². The van der Waals surface area contributed by atoms with E-state index in [-0.39, 0.29) is 4.90 Å². The van der Waals surface area contributed by atoms with Crippen molar-refractivity contribution in [2.45, 2.75) is 25.3 Å². The number of primary sulfonamides is 1. The topological polar surface area (TPSA) is 104 Å². The van der Waals surface area contributed by atoms with Gasteiger partial charge in [0.05, 0.1) is 16.6 Å². The first-order chi connectivity index (χ1) is 12.3. The fraction of sp³-hybridized carbons (Fsp3) is 0.167. The van der Waals surface area contributed by atoms with Crippen molar-refractivity contribution in [2.24, 2.45) is 5.14 Å². The molecular formula is C18H17N5O2S. The average molecular weight is 367 g/mol. The molecular weight excluding hydrogens is 350 g/mol. The Morgan fingerprint density at radius 2 is 1.77 bits per heavy atom. The zero-order valence-corrected chi connectivity index (χ0v) is 15.2. The fourth-order valence-corrected chi connectivity index (χ4v) is 3.59. The second kappa shape index (κ2) is 5.86. The van der Waals surface area contributed by atoms with Crippen LogP contribution in [0.2, 0.25) is 0 Å². The number of nitrogens with two attached hydrogens (primary N) is 1. The van der Waals surface area contributed by atoms with Crippen LogP contribution < -0.4 is 5.14 Å². The Morgan fingerprint density at radius 3 is 2.46 bits per heavy atom. The summed E-state index contributed by atoms with van der Waals surface area (Å²) in [7, 11) is -3.69. The summed E-state index contributed by atoms with van der Waals surface area (Å²) >= 11 is 0. The first kappa shape index (κ1) is 16.6.